The zero-order valence-corrected chi connectivity index (χ0v) is 18.8. The Balaban J connectivity index is 1.31. The van der Waals surface area contributed by atoms with Crippen molar-refractivity contribution in [1.82, 2.24) is 15.0 Å². The number of hydrogen-bond donors (Lipinski definition) is 2. The molecule has 34 heavy (non-hydrogen) atoms. The van der Waals surface area contributed by atoms with Gasteiger partial charge in [0.15, 0.2) is 5.78 Å². The van der Waals surface area contributed by atoms with Crippen LogP contribution in [-0.2, 0) is 4.74 Å². The number of hydrogen-bond acceptors (Lipinski definition) is 6. The van der Waals surface area contributed by atoms with Gasteiger partial charge in [-0.15, -0.1) is 13.2 Å². The van der Waals surface area contributed by atoms with Crippen LogP contribution in [0.2, 0.25) is 0 Å². The average Bonchev–Trinajstić information content (AvgIpc) is 3.16. The number of ketones is 1. The Morgan fingerprint density at radius 3 is 2.68 bits per heavy atom. The van der Waals surface area contributed by atoms with Gasteiger partial charge in [-0.2, -0.15) is 4.98 Å². The highest BCUT2D eigenvalue weighted by Crippen LogP contribution is 2.38. The van der Waals surface area contributed by atoms with Gasteiger partial charge in [0.2, 0.25) is 5.95 Å². The zero-order chi connectivity index (χ0) is 24.1. The lowest BCUT2D eigenvalue weighted by Gasteiger charge is -2.31. The Morgan fingerprint density at radius 2 is 1.94 bits per heavy atom. The van der Waals surface area contributed by atoms with Crippen molar-refractivity contribution >= 4 is 22.8 Å². The lowest BCUT2D eigenvalue weighted by Crippen LogP contribution is -2.35. The number of benzene rings is 1. The topological polar surface area (TPSA) is 89.1 Å². The Labute approximate surface area is 194 Å². The van der Waals surface area contributed by atoms with Crippen LogP contribution in [0.1, 0.15) is 56.3 Å². The molecule has 1 fully saturated rings. The van der Waals surface area contributed by atoms with Crippen molar-refractivity contribution < 1.29 is 27.4 Å². The van der Waals surface area contributed by atoms with Crippen molar-refractivity contribution in [3.8, 4) is 16.9 Å². The molecule has 180 valence electrons. The summed E-state index contributed by atoms with van der Waals surface area (Å²) in [6, 6.07) is 5.52. The molecule has 7 nitrogen and oxygen atoms in total. The van der Waals surface area contributed by atoms with Crippen molar-refractivity contribution in [2.45, 2.75) is 70.1 Å². The monoisotopic (exact) mass is 474 g/mol. The maximum atomic E-state index is 12.4. The van der Waals surface area contributed by atoms with Crippen LogP contribution in [-0.4, -0.2) is 44.8 Å². The Bertz CT molecular complexity index is 1230. The minimum absolute atomic E-state index is 0.0151. The van der Waals surface area contributed by atoms with Crippen molar-refractivity contribution in [3.63, 3.8) is 0 Å². The molecule has 1 aliphatic heterocycles. The summed E-state index contributed by atoms with van der Waals surface area (Å²) < 4.78 is 47.4. The first kappa shape index (κ1) is 22.6. The van der Waals surface area contributed by atoms with Crippen LogP contribution in [0.3, 0.4) is 0 Å². The van der Waals surface area contributed by atoms with Gasteiger partial charge in [0.25, 0.3) is 0 Å². The molecule has 5 rings (SSSR count). The summed E-state index contributed by atoms with van der Waals surface area (Å²) in [5, 5.41) is 4.04. The number of nitrogens with zero attached hydrogens (tertiary/aromatic N) is 2. The molecule has 0 bridgehead atoms. The second kappa shape index (κ2) is 8.26. The van der Waals surface area contributed by atoms with Gasteiger partial charge in [-0.1, -0.05) is 6.07 Å². The number of aromatic amines is 1. The SMILES string of the molecule is CC1(C)CC(=O)c2ccc(-c3c[nH]c4nc(N[C@H]5CC[C@@H](OC(F)(F)F)CC5)ncc34)cc2O1. The number of ether oxygens (including phenoxy) is 2. The maximum Gasteiger partial charge on any atom is 0.522 e. The number of rotatable bonds is 4. The molecule has 3 heterocycles. The smallest absolute Gasteiger partial charge is 0.487 e. The molecule has 1 saturated carbocycles. The number of nitrogens with one attached hydrogen (secondary N) is 2. The summed E-state index contributed by atoms with van der Waals surface area (Å²) in [6.07, 6.45) is 0.231. The predicted molar refractivity (Wildman–Crippen MR) is 120 cm³/mol. The number of H-pyrrole nitrogens is 1. The van der Waals surface area contributed by atoms with E-state index in [1.807, 2.05) is 32.2 Å². The van der Waals surface area contributed by atoms with E-state index in [-0.39, 0.29) is 11.8 Å². The molecule has 2 N–H and O–H groups in total. The fourth-order valence-corrected chi connectivity index (χ4v) is 4.73. The van der Waals surface area contributed by atoms with E-state index < -0.39 is 18.1 Å². The van der Waals surface area contributed by atoms with E-state index in [2.05, 4.69) is 25.0 Å². The molecule has 0 unspecified atom stereocenters. The van der Waals surface area contributed by atoms with Gasteiger partial charge < -0.3 is 15.0 Å². The Kier molecular flexibility index (Phi) is 5.50. The van der Waals surface area contributed by atoms with Crippen LogP contribution >= 0.6 is 0 Å². The quantitative estimate of drug-likeness (QED) is 0.510. The highest BCUT2D eigenvalue weighted by Gasteiger charge is 2.35. The van der Waals surface area contributed by atoms with Crippen LogP contribution in [0.15, 0.2) is 30.6 Å². The largest absolute Gasteiger partial charge is 0.522 e. The van der Waals surface area contributed by atoms with Crippen molar-refractivity contribution in [2.24, 2.45) is 0 Å². The van der Waals surface area contributed by atoms with E-state index >= 15 is 0 Å². The summed E-state index contributed by atoms with van der Waals surface area (Å²) in [4.78, 5) is 24.5. The minimum atomic E-state index is -4.60. The van der Waals surface area contributed by atoms with Gasteiger partial charge in [0, 0.05) is 29.4 Å². The first-order valence-corrected chi connectivity index (χ1v) is 11.3. The third-order valence-corrected chi connectivity index (χ3v) is 6.31. The predicted octanol–water partition coefficient (Wildman–Crippen LogP) is 5.63. The summed E-state index contributed by atoms with van der Waals surface area (Å²) in [5.41, 5.74) is 2.43. The molecule has 10 heteroatoms. The van der Waals surface area contributed by atoms with Crippen LogP contribution in [0.4, 0.5) is 19.1 Å². The van der Waals surface area contributed by atoms with Crippen LogP contribution < -0.4 is 10.1 Å². The fraction of sp³-hybridized carbons (Fsp3) is 0.458. The molecular weight excluding hydrogens is 449 g/mol. The number of alkyl halides is 3. The van der Waals surface area contributed by atoms with Gasteiger partial charge in [-0.3, -0.25) is 9.53 Å². The number of anilines is 1. The number of fused-ring (bicyclic) bond motifs is 2. The average molecular weight is 474 g/mol. The van der Waals surface area contributed by atoms with E-state index in [0.717, 1.165) is 16.5 Å². The highest BCUT2D eigenvalue weighted by atomic mass is 19.4. The molecule has 2 aliphatic rings. The number of carbonyl (C=O) groups is 1. The minimum Gasteiger partial charge on any atom is -0.487 e. The summed E-state index contributed by atoms with van der Waals surface area (Å²) in [7, 11) is 0. The maximum absolute atomic E-state index is 12.4. The van der Waals surface area contributed by atoms with Gasteiger partial charge in [-0.25, -0.2) is 4.98 Å². The van der Waals surface area contributed by atoms with Crippen molar-refractivity contribution in [1.29, 1.82) is 0 Å². The van der Waals surface area contributed by atoms with Crippen LogP contribution in [0.25, 0.3) is 22.2 Å². The second-order valence-electron chi connectivity index (χ2n) is 9.51. The lowest BCUT2D eigenvalue weighted by molar-refractivity contribution is -0.345. The van der Waals surface area contributed by atoms with E-state index in [4.69, 9.17) is 4.74 Å². The molecule has 0 atom stereocenters. The molecule has 2 aromatic heterocycles. The molecule has 1 aliphatic carbocycles. The number of carbonyl (C=O) groups excluding carboxylic acids is 1. The summed E-state index contributed by atoms with van der Waals surface area (Å²) in [6.45, 7) is 3.79. The van der Waals surface area contributed by atoms with Crippen LogP contribution in [0.5, 0.6) is 5.75 Å². The van der Waals surface area contributed by atoms with E-state index in [1.165, 1.54) is 0 Å². The fourth-order valence-electron chi connectivity index (χ4n) is 4.73. The highest BCUT2D eigenvalue weighted by molar-refractivity contribution is 6.02. The molecule has 3 aromatic rings. The molecule has 0 spiro atoms. The third-order valence-electron chi connectivity index (χ3n) is 6.31. The molecular formula is C24H25F3N4O3. The van der Waals surface area contributed by atoms with Gasteiger partial charge in [0.1, 0.15) is 17.0 Å². The van der Waals surface area contributed by atoms with E-state index in [0.29, 0.717) is 55.0 Å². The summed E-state index contributed by atoms with van der Waals surface area (Å²) >= 11 is 0. The molecule has 0 saturated heterocycles. The lowest BCUT2D eigenvalue weighted by atomic mass is 9.91. The summed E-state index contributed by atoms with van der Waals surface area (Å²) in [5.74, 6) is 1.05. The normalized spacial score (nSPS) is 22.3. The molecule has 1 aromatic carbocycles. The standard InChI is InChI=1S/C24H25F3N4O3/c1-23(2)10-19(32)16-8-3-13(9-20(16)34-23)17-11-28-21-18(17)12-29-22(31-21)30-14-4-6-15(7-5-14)33-24(25,26)27/h3,8-9,11-12,14-15H,4-7,10H2,1-2H3,(H2,28,29,30,31)/t14-,15+. The first-order chi connectivity index (χ1) is 16.1. The third kappa shape index (κ3) is 4.72. The van der Waals surface area contributed by atoms with Crippen LogP contribution in [0, 0.1) is 0 Å². The second-order valence-corrected chi connectivity index (χ2v) is 9.51. The van der Waals surface area contributed by atoms with Gasteiger partial charge in [-0.05, 0) is 57.2 Å². The van der Waals surface area contributed by atoms with Gasteiger partial charge >= 0.3 is 6.36 Å². The van der Waals surface area contributed by atoms with E-state index in [1.54, 1.807) is 12.3 Å². The molecule has 0 radical (unpaired) electrons. The molecule has 0 amide bonds. The van der Waals surface area contributed by atoms with Gasteiger partial charge in [0.05, 0.1) is 18.1 Å². The first-order valence-electron chi connectivity index (χ1n) is 11.3. The Hall–Kier alpha value is -3.14. The Morgan fingerprint density at radius 1 is 1.18 bits per heavy atom. The zero-order valence-electron chi connectivity index (χ0n) is 18.8. The van der Waals surface area contributed by atoms with Crippen molar-refractivity contribution in [2.75, 3.05) is 5.32 Å². The number of Topliss-reactive ketones (excluding diaryl/α,β-unsaturated/α-hetero) is 1. The van der Waals surface area contributed by atoms with Crippen molar-refractivity contribution in [3.05, 3.63) is 36.2 Å². The van der Waals surface area contributed by atoms with E-state index in [9.17, 15) is 18.0 Å². The number of halogens is 3. The number of aromatic nitrogens is 3.